The highest BCUT2D eigenvalue weighted by molar-refractivity contribution is 9.10. The molecule has 3 rings (SSSR count). The highest BCUT2D eigenvalue weighted by atomic mass is 79.9. The summed E-state index contributed by atoms with van der Waals surface area (Å²) in [5.74, 6) is 0.281. The van der Waals surface area contributed by atoms with Gasteiger partial charge in [0, 0.05) is 33.2 Å². The van der Waals surface area contributed by atoms with Crippen molar-refractivity contribution in [3.05, 3.63) is 20.8 Å². The fourth-order valence-corrected chi connectivity index (χ4v) is 4.17. The number of nitrogens with two attached hydrogens (primary N) is 1. The van der Waals surface area contributed by atoms with Crippen LogP contribution in [-0.2, 0) is 4.79 Å². The first-order chi connectivity index (χ1) is 8.16. The predicted octanol–water partition coefficient (Wildman–Crippen LogP) is 2.66. The number of carbonyl (C=O) groups is 1. The van der Waals surface area contributed by atoms with E-state index in [1.807, 2.05) is 4.90 Å². The van der Waals surface area contributed by atoms with Gasteiger partial charge in [-0.2, -0.15) is 0 Å². The maximum atomic E-state index is 12.1. The van der Waals surface area contributed by atoms with Gasteiger partial charge in [0.25, 0.3) is 0 Å². The summed E-state index contributed by atoms with van der Waals surface area (Å²) < 4.78 is 1.08. The molecule has 0 bridgehead atoms. The van der Waals surface area contributed by atoms with Crippen LogP contribution in [0, 0.1) is 0 Å². The molecule has 92 valence electrons. The van der Waals surface area contributed by atoms with Crippen molar-refractivity contribution in [3.8, 4) is 0 Å². The van der Waals surface area contributed by atoms with Crippen LogP contribution in [0.25, 0.3) is 0 Å². The van der Waals surface area contributed by atoms with Crippen molar-refractivity contribution in [2.75, 3.05) is 0 Å². The van der Waals surface area contributed by atoms with Gasteiger partial charge in [-0.1, -0.05) is 0 Å². The molecule has 1 aliphatic heterocycles. The number of amides is 1. The zero-order valence-corrected chi connectivity index (χ0v) is 11.8. The molecule has 1 saturated carbocycles. The van der Waals surface area contributed by atoms with Crippen LogP contribution in [0.3, 0.4) is 0 Å². The Morgan fingerprint density at radius 2 is 2.18 bits per heavy atom. The zero-order chi connectivity index (χ0) is 12.0. The molecule has 1 amide bonds. The molecule has 2 atom stereocenters. The Balaban J connectivity index is 1.94. The highest BCUT2D eigenvalue weighted by Gasteiger charge is 2.43. The summed E-state index contributed by atoms with van der Waals surface area (Å²) in [7, 11) is 0. The summed E-state index contributed by atoms with van der Waals surface area (Å²) in [4.78, 5) is 15.3. The SMILES string of the molecule is NC1CCC(=O)N(C2CC2)C1c1cc(Br)cs1. The molecule has 0 aromatic carbocycles. The Kier molecular flexibility index (Phi) is 3.00. The van der Waals surface area contributed by atoms with Crippen LogP contribution in [0.5, 0.6) is 0 Å². The molecule has 5 heteroatoms. The van der Waals surface area contributed by atoms with Gasteiger partial charge in [0.1, 0.15) is 0 Å². The second-order valence-corrected chi connectivity index (χ2v) is 6.71. The average Bonchev–Trinajstić information content (AvgIpc) is 3.04. The third-order valence-corrected chi connectivity index (χ3v) is 5.27. The molecule has 0 spiro atoms. The van der Waals surface area contributed by atoms with E-state index in [9.17, 15) is 4.79 Å². The Hall–Kier alpha value is -0.390. The molecular formula is C12H15BrN2OS. The standard InChI is InChI=1S/C12H15BrN2OS/c13-7-5-10(17-6-7)12-9(14)3-4-11(16)15(12)8-1-2-8/h5-6,8-9,12H,1-4,14H2. The lowest BCUT2D eigenvalue weighted by Gasteiger charge is -2.39. The summed E-state index contributed by atoms with van der Waals surface area (Å²) in [5.41, 5.74) is 6.24. The van der Waals surface area contributed by atoms with Crippen LogP contribution < -0.4 is 5.73 Å². The molecule has 1 aliphatic carbocycles. The monoisotopic (exact) mass is 314 g/mol. The number of piperidine rings is 1. The van der Waals surface area contributed by atoms with E-state index >= 15 is 0 Å². The van der Waals surface area contributed by atoms with E-state index in [0.29, 0.717) is 12.5 Å². The quantitative estimate of drug-likeness (QED) is 0.912. The van der Waals surface area contributed by atoms with Gasteiger partial charge in [0.15, 0.2) is 0 Å². The van der Waals surface area contributed by atoms with E-state index in [2.05, 4.69) is 27.4 Å². The van der Waals surface area contributed by atoms with Gasteiger partial charge in [-0.05, 0) is 41.3 Å². The zero-order valence-electron chi connectivity index (χ0n) is 9.43. The van der Waals surface area contributed by atoms with Gasteiger partial charge in [0.05, 0.1) is 6.04 Å². The van der Waals surface area contributed by atoms with Crippen molar-refractivity contribution in [1.29, 1.82) is 0 Å². The number of thiophene rings is 1. The molecule has 1 aromatic rings. The Morgan fingerprint density at radius 3 is 2.76 bits per heavy atom. The molecule has 3 nitrogen and oxygen atoms in total. The minimum absolute atomic E-state index is 0.0823. The van der Waals surface area contributed by atoms with E-state index in [-0.39, 0.29) is 18.0 Å². The van der Waals surface area contributed by atoms with Gasteiger partial charge in [-0.3, -0.25) is 4.79 Å². The van der Waals surface area contributed by atoms with Crippen LogP contribution in [0.2, 0.25) is 0 Å². The average molecular weight is 315 g/mol. The molecule has 2 fully saturated rings. The minimum atomic E-state index is 0.0823. The second kappa shape index (κ2) is 4.37. The maximum absolute atomic E-state index is 12.1. The lowest BCUT2D eigenvalue weighted by atomic mass is 9.95. The fraction of sp³-hybridized carbons (Fsp3) is 0.583. The molecule has 17 heavy (non-hydrogen) atoms. The number of hydrogen-bond acceptors (Lipinski definition) is 3. The maximum Gasteiger partial charge on any atom is 0.223 e. The van der Waals surface area contributed by atoms with Crippen LogP contribution in [0.1, 0.15) is 36.6 Å². The summed E-state index contributed by atoms with van der Waals surface area (Å²) >= 11 is 5.16. The number of nitrogens with zero attached hydrogens (tertiary/aromatic N) is 1. The van der Waals surface area contributed by atoms with E-state index in [4.69, 9.17) is 5.73 Å². The van der Waals surface area contributed by atoms with Crippen molar-refractivity contribution in [2.45, 2.75) is 43.8 Å². The predicted molar refractivity (Wildman–Crippen MR) is 71.8 cm³/mol. The lowest BCUT2D eigenvalue weighted by Crippen LogP contribution is -2.49. The van der Waals surface area contributed by atoms with Gasteiger partial charge >= 0.3 is 0 Å². The van der Waals surface area contributed by atoms with Crippen molar-refractivity contribution in [2.24, 2.45) is 5.73 Å². The topological polar surface area (TPSA) is 46.3 Å². The van der Waals surface area contributed by atoms with Crippen LogP contribution >= 0.6 is 27.3 Å². The van der Waals surface area contributed by atoms with Gasteiger partial charge in [-0.25, -0.2) is 0 Å². The Morgan fingerprint density at radius 1 is 1.41 bits per heavy atom. The molecular weight excluding hydrogens is 300 g/mol. The van der Waals surface area contributed by atoms with Gasteiger partial charge in [-0.15, -0.1) is 11.3 Å². The van der Waals surface area contributed by atoms with E-state index in [1.54, 1.807) is 11.3 Å². The number of likely N-dealkylation sites (tertiary alicyclic amines) is 1. The number of hydrogen-bond donors (Lipinski definition) is 1. The molecule has 2 heterocycles. The second-order valence-electron chi connectivity index (χ2n) is 4.85. The van der Waals surface area contributed by atoms with Crippen LogP contribution in [0.4, 0.5) is 0 Å². The Bertz CT molecular complexity index is 443. The smallest absolute Gasteiger partial charge is 0.223 e. The largest absolute Gasteiger partial charge is 0.330 e. The van der Waals surface area contributed by atoms with Gasteiger partial charge in [0.2, 0.25) is 5.91 Å². The first-order valence-electron chi connectivity index (χ1n) is 5.97. The fourth-order valence-electron chi connectivity index (χ4n) is 2.55. The summed E-state index contributed by atoms with van der Waals surface area (Å²) in [6.07, 6.45) is 3.70. The van der Waals surface area contributed by atoms with Crippen molar-refractivity contribution < 1.29 is 4.79 Å². The normalized spacial score (nSPS) is 29.8. The van der Waals surface area contributed by atoms with Gasteiger partial charge < -0.3 is 10.6 Å². The molecule has 1 aromatic heterocycles. The lowest BCUT2D eigenvalue weighted by molar-refractivity contribution is -0.138. The molecule has 2 aliphatic rings. The van der Waals surface area contributed by atoms with E-state index in [1.165, 1.54) is 4.88 Å². The van der Waals surface area contributed by atoms with E-state index in [0.717, 1.165) is 23.7 Å². The van der Waals surface area contributed by atoms with Crippen molar-refractivity contribution in [3.63, 3.8) is 0 Å². The third-order valence-electron chi connectivity index (χ3n) is 3.50. The third kappa shape index (κ3) is 2.16. The molecule has 2 N–H and O–H groups in total. The summed E-state index contributed by atoms with van der Waals surface area (Å²) in [5, 5.41) is 2.06. The van der Waals surface area contributed by atoms with Crippen molar-refractivity contribution in [1.82, 2.24) is 4.90 Å². The summed E-state index contributed by atoms with van der Waals surface area (Å²) in [6.45, 7) is 0. The molecule has 1 saturated heterocycles. The van der Waals surface area contributed by atoms with Crippen molar-refractivity contribution >= 4 is 33.2 Å². The van der Waals surface area contributed by atoms with Crippen LogP contribution in [-0.4, -0.2) is 22.9 Å². The first kappa shape index (κ1) is 11.7. The Labute approximate surface area is 113 Å². The molecule has 0 radical (unpaired) electrons. The van der Waals surface area contributed by atoms with Crippen LogP contribution in [0.15, 0.2) is 15.9 Å². The molecule has 2 unspecified atom stereocenters. The number of halogens is 1. The minimum Gasteiger partial charge on any atom is -0.330 e. The number of carbonyl (C=O) groups excluding carboxylic acids is 1. The highest BCUT2D eigenvalue weighted by Crippen LogP contribution is 2.42. The first-order valence-corrected chi connectivity index (χ1v) is 7.65. The number of rotatable bonds is 2. The summed E-state index contributed by atoms with van der Waals surface area (Å²) in [6, 6.07) is 2.72. The van der Waals surface area contributed by atoms with E-state index < -0.39 is 0 Å².